The lowest BCUT2D eigenvalue weighted by molar-refractivity contribution is -0.0209. The topological polar surface area (TPSA) is 25.4 Å². The second kappa shape index (κ2) is 5.76. The zero-order valence-electron chi connectivity index (χ0n) is 10.8. The number of aromatic nitrogens is 1. The van der Waals surface area contributed by atoms with Crippen molar-refractivity contribution in [1.82, 2.24) is 9.88 Å². The molecule has 1 aromatic heterocycles. The minimum Gasteiger partial charge on any atom is -0.368 e. The number of likely N-dealkylation sites (N-methyl/N-ethyl adjacent to an activating group) is 1. The van der Waals surface area contributed by atoms with Gasteiger partial charge in [-0.1, -0.05) is 13.0 Å². The largest absolute Gasteiger partial charge is 0.368 e. The van der Waals surface area contributed by atoms with E-state index in [2.05, 4.69) is 24.9 Å². The van der Waals surface area contributed by atoms with Crippen molar-refractivity contribution >= 4 is 17.4 Å². The van der Waals surface area contributed by atoms with Crippen LogP contribution in [0.15, 0.2) is 6.08 Å². The minimum atomic E-state index is 0.156. The van der Waals surface area contributed by atoms with Gasteiger partial charge in [0.05, 0.1) is 12.3 Å². The third kappa shape index (κ3) is 2.94. The Morgan fingerprint density at radius 3 is 3.06 bits per heavy atom. The maximum Gasteiger partial charge on any atom is 0.124 e. The van der Waals surface area contributed by atoms with Gasteiger partial charge in [0.2, 0.25) is 0 Å². The highest BCUT2D eigenvalue weighted by molar-refractivity contribution is 7.11. The number of ether oxygens (including phenoxy) is 1. The first-order chi connectivity index (χ1) is 8.24. The third-order valence-corrected chi connectivity index (χ3v) is 4.24. The first-order valence-corrected chi connectivity index (χ1v) is 6.98. The number of allylic oxidation sites excluding steroid dienone is 1. The van der Waals surface area contributed by atoms with E-state index in [1.165, 1.54) is 4.88 Å². The van der Waals surface area contributed by atoms with E-state index in [0.717, 1.165) is 36.8 Å². The molecule has 1 atom stereocenters. The Morgan fingerprint density at radius 1 is 1.59 bits per heavy atom. The Bertz CT molecular complexity index is 400. The molecule has 1 aliphatic heterocycles. The van der Waals surface area contributed by atoms with Gasteiger partial charge in [0, 0.05) is 18.0 Å². The molecule has 0 saturated carbocycles. The van der Waals surface area contributed by atoms with Crippen molar-refractivity contribution in [3.8, 4) is 0 Å². The molecule has 2 rings (SSSR count). The van der Waals surface area contributed by atoms with Crippen LogP contribution in [0.4, 0.5) is 0 Å². The minimum absolute atomic E-state index is 0.156. The molecule has 2 heterocycles. The zero-order valence-corrected chi connectivity index (χ0v) is 11.6. The lowest BCUT2D eigenvalue weighted by Gasteiger charge is -2.28. The normalized spacial score (nSPS) is 22.4. The van der Waals surface area contributed by atoms with Crippen molar-refractivity contribution in [3.63, 3.8) is 0 Å². The Morgan fingerprint density at radius 2 is 2.41 bits per heavy atom. The molecule has 0 radical (unpaired) electrons. The van der Waals surface area contributed by atoms with E-state index in [0.29, 0.717) is 0 Å². The predicted molar refractivity (Wildman–Crippen MR) is 72.4 cm³/mol. The average Bonchev–Trinajstić information content (AvgIpc) is 2.73. The van der Waals surface area contributed by atoms with Crippen LogP contribution in [0.3, 0.4) is 0 Å². The van der Waals surface area contributed by atoms with Gasteiger partial charge in [-0.3, -0.25) is 0 Å². The van der Waals surface area contributed by atoms with E-state index in [1.54, 1.807) is 11.3 Å². The fourth-order valence-electron chi connectivity index (χ4n) is 1.99. The summed E-state index contributed by atoms with van der Waals surface area (Å²) < 4.78 is 5.81. The maximum absolute atomic E-state index is 5.81. The molecule has 1 aromatic rings. The SMILES string of the molecule is C/C=C\c1nc([C@H]2CN(C)CCO2)sc1CC. The fraction of sp³-hybridized carbons (Fsp3) is 0.615. The summed E-state index contributed by atoms with van der Waals surface area (Å²) in [6.07, 6.45) is 5.33. The van der Waals surface area contributed by atoms with Crippen LogP contribution in [0.25, 0.3) is 6.08 Å². The van der Waals surface area contributed by atoms with E-state index in [4.69, 9.17) is 9.72 Å². The molecule has 0 spiro atoms. The van der Waals surface area contributed by atoms with Crippen molar-refractivity contribution in [2.24, 2.45) is 0 Å². The summed E-state index contributed by atoms with van der Waals surface area (Å²) in [7, 11) is 2.14. The number of rotatable bonds is 3. The van der Waals surface area contributed by atoms with E-state index in [9.17, 15) is 0 Å². The van der Waals surface area contributed by atoms with E-state index in [-0.39, 0.29) is 6.10 Å². The van der Waals surface area contributed by atoms with Crippen LogP contribution in [0.1, 0.15) is 35.5 Å². The van der Waals surface area contributed by atoms with Gasteiger partial charge < -0.3 is 9.64 Å². The van der Waals surface area contributed by atoms with Gasteiger partial charge in [-0.25, -0.2) is 4.98 Å². The lowest BCUT2D eigenvalue weighted by atomic mass is 10.2. The van der Waals surface area contributed by atoms with Crippen molar-refractivity contribution in [2.75, 3.05) is 26.7 Å². The Balaban J connectivity index is 2.20. The lowest BCUT2D eigenvalue weighted by Crippen LogP contribution is -2.35. The van der Waals surface area contributed by atoms with Crippen molar-refractivity contribution < 1.29 is 4.74 Å². The van der Waals surface area contributed by atoms with Gasteiger partial charge >= 0.3 is 0 Å². The Hall–Kier alpha value is -0.710. The van der Waals surface area contributed by atoms with E-state index in [1.807, 2.05) is 13.0 Å². The van der Waals surface area contributed by atoms with Gasteiger partial charge in [-0.05, 0) is 26.5 Å². The molecule has 0 N–H and O–H groups in total. The molecule has 4 heteroatoms. The Labute approximate surface area is 107 Å². The van der Waals surface area contributed by atoms with E-state index < -0.39 is 0 Å². The van der Waals surface area contributed by atoms with Crippen LogP contribution in [0.5, 0.6) is 0 Å². The summed E-state index contributed by atoms with van der Waals surface area (Å²) in [5.41, 5.74) is 1.12. The summed E-state index contributed by atoms with van der Waals surface area (Å²) in [6, 6.07) is 0. The molecule has 17 heavy (non-hydrogen) atoms. The standard InChI is InChI=1S/C13H20N2OS/c1-4-6-10-12(5-2)17-13(14-10)11-9-15(3)7-8-16-11/h4,6,11H,5,7-9H2,1-3H3/b6-4-/t11-/m1/s1. The van der Waals surface area contributed by atoms with Crippen LogP contribution in [-0.2, 0) is 11.2 Å². The molecule has 1 aliphatic rings. The van der Waals surface area contributed by atoms with Gasteiger partial charge in [0.25, 0.3) is 0 Å². The van der Waals surface area contributed by atoms with Gasteiger partial charge in [-0.15, -0.1) is 11.3 Å². The summed E-state index contributed by atoms with van der Waals surface area (Å²) in [5.74, 6) is 0. The molecule has 0 unspecified atom stereocenters. The second-order valence-electron chi connectivity index (χ2n) is 4.34. The number of hydrogen-bond acceptors (Lipinski definition) is 4. The Kier molecular flexibility index (Phi) is 4.31. The molecule has 94 valence electrons. The van der Waals surface area contributed by atoms with Crippen LogP contribution in [0.2, 0.25) is 0 Å². The summed E-state index contributed by atoms with van der Waals surface area (Å²) in [4.78, 5) is 8.37. The molecule has 1 fully saturated rings. The molecule has 3 nitrogen and oxygen atoms in total. The first-order valence-electron chi connectivity index (χ1n) is 6.17. The van der Waals surface area contributed by atoms with Gasteiger partial charge in [-0.2, -0.15) is 0 Å². The van der Waals surface area contributed by atoms with E-state index >= 15 is 0 Å². The summed E-state index contributed by atoms with van der Waals surface area (Å²) >= 11 is 1.79. The van der Waals surface area contributed by atoms with Crippen LogP contribution < -0.4 is 0 Å². The molecular formula is C13H20N2OS. The zero-order chi connectivity index (χ0) is 12.3. The highest BCUT2D eigenvalue weighted by Gasteiger charge is 2.23. The monoisotopic (exact) mass is 252 g/mol. The highest BCUT2D eigenvalue weighted by Crippen LogP contribution is 2.29. The smallest absolute Gasteiger partial charge is 0.124 e. The first kappa shape index (κ1) is 12.7. The highest BCUT2D eigenvalue weighted by atomic mass is 32.1. The van der Waals surface area contributed by atoms with Crippen LogP contribution >= 0.6 is 11.3 Å². The average molecular weight is 252 g/mol. The number of hydrogen-bond donors (Lipinski definition) is 0. The number of morpholine rings is 1. The number of thiazole rings is 1. The summed E-state index contributed by atoms with van der Waals surface area (Å²) in [6.45, 7) is 6.98. The van der Waals surface area contributed by atoms with Gasteiger partial charge in [0.15, 0.2) is 0 Å². The third-order valence-electron chi connectivity index (χ3n) is 2.93. The van der Waals surface area contributed by atoms with Crippen molar-refractivity contribution in [1.29, 1.82) is 0 Å². The summed E-state index contributed by atoms with van der Waals surface area (Å²) in [5, 5.41) is 1.13. The van der Waals surface area contributed by atoms with Crippen LogP contribution in [0, 0.1) is 0 Å². The molecular weight excluding hydrogens is 232 g/mol. The molecule has 0 bridgehead atoms. The number of aryl methyl sites for hydroxylation is 1. The maximum atomic E-state index is 5.81. The molecule has 0 aliphatic carbocycles. The van der Waals surface area contributed by atoms with Crippen LogP contribution in [-0.4, -0.2) is 36.6 Å². The molecule has 1 saturated heterocycles. The molecule has 0 aromatic carbocycles. The van der Waals surface area contributed by atoms with Crippen molar-refractivity contribution in [3.05, 3.63) is 21.7 Å². The van der Waals surface area contributed by atoms with Gasteiger partial charge in [0.1, 0.15) is 11.1 Å². The fourth-order valence-corrected chi connectivity index (χ4v) is 3.02. The quantitative estimate of drug-likeness (QED) is 0.827. The predicted octanol–water partition coefficient (Wildman–Crippen LogP) is 2.74. The number of nitrogens with zero attached hydrogens (tertiary/aromatic N) is 2. The van der Waals surface area contributed by atoms with Crippen molar-refractivity contribution in [2.45, 2.75) is 26.4 Å². The second-order valence-corrected chi connectivity index (χ2v) is 5.45. The molecule has 0 amide bonds.